The van der Waals surface area contributed by atoms with Crippen molar-refractivity contribution in [3.05, 3.63) is 71.8 Å². The smallest absolute Gasteiger partial charge is 0.311 e. The van der Waals surface area contributed by atoms with E-state index in [0.717, 1.165) is 11.1 Å². The number of rotatable bonds is 8. The van der Waals surface area contributed by atoms with Gasteiger partial charge < -0.3 is 9.47 Å². The Balaban J connectivity index is 1.91. The van der Waals surface area contributed by atoms with Gasteiger partial charge in [-0.1, -0.05) is 60.7 Å². The highest BCUT2D eigenvalue weighted by atomic mass is 16.5. The first-order chi connectivity index (χ1) is 10.8. The lowest BCUT2D eigenvalue weighted by Crippen LogP contribution is -2.25. The van der Waals surface area contributed by atoms with E-state index in [1.807, 2.05) is 67.6 Å². The molecule has 2 rings (SSSR count). The molecule has 0 spiro atoms. The monoisotopic (exact) mass is 298 g/mol. The molecule has 0 aliphatic carbocycles. The third-order valence-electron chi connectivity index (χ3n) is 3.38. The van der Waals surface area contributed by atoms with Gasteiger partial charge >= 0.3 is 5.97 Å². The first-order valence-corrected chi connectivity index (χ1v) is 7.62. The van der Waals surface area contributed by atoms with Crippen LogP contribution in [0.4, 0.5) is 0 Å². The van der Waals surface area contributed by atoms with Gasteiger partial charge in [-0.25, -0.2) is 0 Å². The van der Waals surface area contributed by atoms with Gasteiger partial charge in [-0.2, -0.15) is 0 Å². The second-order valence-electron chi connectivity index (χ2n) is 5.14. The van der Waals surface area contributed by atoms with Crippen LogP contribution in [0.3, 0.4) is 0 Å². The molecule has 116 valence electrons. The Kier molecular flexibility index (Phi) is 6.65. The number of benzene rings is 2. The van der Waals surface area contributed by atoms with E-state index in [9.17, 15) is 4.79 Å². The molecule has 1 atom stereocenters. The summed E-state index contributed by atoms with van der Waals surface area (Å²) >= 11 is 0. The minimum atomic E-state index is -0.272. The molecule has 0 aliphatic heterocycles. The van der Waals surface area contributed by atoms with Crippen LogP contribution in [0.2, 0.25) is 0 Å². The predicted molar refractivity (Wildman–Crippen MR) is 86.4 cm³/mol. The summed E-state index contributed by atoms with van der Waals surface area (Å²) in [5, 5.41) is 0. The zero-order valence-electron chi connectivity index (χ0n) is 12.9. The second kappa shape index (κ2) is 9.00. The van der Waals surface area contributed by atoms with Crippen molar-refractivity contribution in [1.29, 1.82) is 0 Å². The van der Waals surface area contributed by atoms with Crippen molar-refractivity contribution in [3.63, 3.8) is 0 Å². The van der Waals surface area contributed by atoms with Gasteiger partial charge in [-0.3, -0.25) is 4.79 Å². The fourth-order valence-electron chi connectivity index (χ4n) is 2.26. The van der Waals surface area contributed by atoms with Gasteiger partial charge in [0, 0.05) is 0 Å². The van der Waals surface area contributed by atoms with E-state index in [1.165, 1.54) is 0 Å². The van der Waals surface area contributed by atoms with Crippen molar-refractivity contribution >= 4 is 5.97 Å². The molecular formula is C19H22O3. The first-order valence-electron chi connectivity index (χ1n) is 7.62. The molecule has 0 saturated heterocycles. The summed E-state index contributed by atoms with van der Waals surface area (Å²) in [4.78, 5) is 12.1. The zero-order chi connectivity index (χ0) is 15.6. The number of hydrogen-bond acceptors (Lipinski definition) is 3. The predicted octanol–water partition coefficient (Wildman–Crippen LogP) is 3.63. The second-order valence-corrected chi connectivity index (χ2v) is 5.14. The topological polar surface area (TPSA) is 35.5 Å². The lowest BCUT2D eigenvalue weighted by Gasteiger charge is -2.16. The van der Waals surface area contributed by atoms with E-state index in [2.05, 4.69) is 0 Å². The van der Waals surface area contributed by atoms with Crippen LogP contribution in [-0.4, -0.2) is 19.2 Å². The summed E-state index contributed by atoms with van der Waals surface area (Å²) in [7, 11) is 0. The number of ether oxygens (including phenoxy) is 2. The third-order valence-corrected chi connectivity index (χ3v) is 3.38. The van der Waals surface area contributed by atoms with Crippen LogP contribution in [0.1, 0.15) is 18.1 Å². The van der Waals surface area contributed by atoms with E-state index in [-0.39, 0.29) is 11.9 Å². The summed E-state index contributed by atoms with van der Waals surface area (Å²) in [6, 6.07) is 19.9. The zero-order valence-corrected chi connectivity index (χ0v) is 12.9. The minimum absolute atomic E-state index is 0.195. The summed E-state index contributed by atoms with van der Waals surface area (Å²) < 4.78 is 10.9. The maximum atomic E-state index is 12.1. The number of carbonyl (C=O) groups excluding carboxylic acids is 1. The molecule has 0 radical (unpaired) electrons. The SMILES string of the molecule is CCOC(=O)[C@H](COCc1ccccc1)Cc1ccccc1. The van der Waals surface area contributed by atoms with Gasteiger partial charge in [-0.15, -0.1) is 0 Å². The van der Waals surface area contributed by atoms with Crippen molar-refractivity contribution in [2.45, 2.75) is 20.0 Å². The molecule has 0 amide bonds. The highest BCUT2D eigenvalue weighted by Crippen LogP contribution is 2.12. The normalized spacial score (nSPS) is 11.9. The van der Waals surface area contributed by atoms with E-state index in [1.54, 1.807) is 0 Å². The van der Waals surface area contributed by atoms with Crippen LogP contribution < -0.4 is 0 Å². The van der Waals surface area contributed by atoms with Crippen LogP contribution in [0.15, 0.2) is 60.7 Å². The van der Waals surface area contributed by atoms with Crippen LogP contribution in [-0.2, 0) is 27.3 Å². The highest BCUT2D eigenvalue weighted by molar-refractivity contribution is 5.73. The van der Waals surface area contributed by atoms with Crippen molar-refractivity contribution in [2.75, 3.05) is 13.2 Å². The Hall–Kier alpha value is -2.13. The van der Waals surface area contributed by atoms with Crippen LogP contribution in [0, 0.1) is 5.92 Å². The Labute approximate surface area is 131 Å². The lowest BCUT2D eigenvalue weighted by atomic mass is 10.0. The summed E-state index contributed by atoms with van der Waals surface area (Å²) in [6.07, 6.45) is 0.633. The Morgan fingerprint density at radius 2 is 1.55 bits per heavy atom. The summed E-state index contributed by atoms with van der Waals surface area (Å²) in [5.74, 6) is -0.467. The van der Waals surface area contributed by atoms with Crippen molar-refractivity contribution in [3.8, 4) is 0 Å². The molecule has 0 N–H and O–H groups in total. The fourth-order valence-corrected chi connectivity index (χ4v) is 2.26. The summed E-state index contributed by atoms with van der Waals surface area (Å²) in [5.41, 5.74) is 2.22. The van der Waals surface area contributed by atoms with Gasteiger partial charge in [0.1, 0.15) is 0 Å². The fraction of sp³-hybridized carbons (Fsp3) is 0.316. The van der Waals surface area contributed by atoms with Gasteiger partial charge in [0.2, 0.25) is 0 Å². The van der Waals surface area contributed by atoms with Crippen molar-refractivity contribution in [2.24, 2.45) is 5.92 Å². The number of carbonyl (C=O) groups is 1. The molecule has 0 aromatic heterocycles. The average Bonchev–Trinajstić information content (AvgIpc) is 2.56. The first kappa shape index (κ1) is 16.2. The molecule has 0 saturated carbocycles. The third kappa shape index (κ3) is 5.34. The lowest BCUT2D eigenvalue weighted by molar-refractivity contribution is -0.150. The molecule has 2 aromatic rings. The average molecular weight is 298 g/mol. The number of esters is 1. The van der Waals surface area contributed by atoms with Crippen LogP contribution in [0.5, 0.6) is 0 Å². The molecule has 22 heavy (non-hydrogen) atoms. The maximum absolute atomic E-state index is 12.1. The molecule has 3 nitrogen and oxygen atoms in total. The molecule has 0 aliphatic rings. The molecule has 0 bridgehead atoms. The molecule has 3 heteroatoms. The molecular weight excluding hydrogens is 276 g/mol. The Bertz CT molecular complexity index is 551. The quantitative estimate of drug-likeness (QED) is 0.698. The van der Waals surface area contributed by atoms with Gasteiger partial charge in [0.25, 0.3) is 0 Å². The van der Waals surface area contributed by atoms with Gasteiger partial charge in [-0.05, 0) is 24.5 Å². The molecule has 2 aromatic carbocycles. The van der Waals surface area contributed by atoms with Crippen LogP contribution >= 0.6 is 0 Å². The Morgan fingerprint density at radius 3 is 2.14 bits per heavy atom. The molecule has 0 fully saturated rings. The van der Waals surface area contributed by atoms with Crippen molar-refractivity contribution < 1.29 is 14.3 Å². The maximum Gasteiger partial charge on any atom is 0.311 e. The van der Waals surface area contributed by atoms with E-state index < -0.39 is 0 Å². The van der Waals surface area contributed by atoms with E-state index >= 15 is 0 Å². The minimum Gasteiger partial charge on any atom is -0.466 e. The van der Waals surface area contributed by atoms with Crippen LogP contribution in [0.25, 0.3) is 0 Å². The largest absolute Gasteiger partial charge is 0.466 e. The van der Waals surface area contributed by atoms with Gasteiger partial charge in [0.05, 0.1) is 25.7 Å². The number of hydrogen-bond donors (Lipinski definition) is 0. The van der Waals surface area contributed by atoms with E-state index in [4.69, 9.17) is 9.47 Å². The molecule has 0 heterocycles. The van der Waals surface area contributed by atoms with E-state index in [0.29, 0.717) is 26.2 Å². The Morgan fingerprint density at radius 1 is 0.955 bits per heavy atom. The standard InChI is InChI=1S/C19H22O3/c1-2-22-19(20)18(13-16-9-5-3-6-10-16)15-21-14-17-11-7-4-8-12-17/h3-12,18H,2,13-15H2,1H3/t18-/m0/s1. The van der Waals surface area contributed by atoms with Gasteiger partial charge in [0.15, 0.2) is 0 Å². The van der Waals surface area contributed by atoms with Crippen molar-refractivity contribution in [1.82, 2.24) is 0 Å². The highest BCUT2D eigenvalue weighted by Gasteiger charge is 2.20. The molecule has 0 unspecified atom stereocenters. The summed E-state index contributed by atoms with van der Waals surface area (Å²) in [6.45, 7) is 3.08.